The highest BCUT2D eigenvalue weighted by atomic mass is 16.4. The molecule has 0 atom stereocenters. The Bertz CT molecular complexity index is 661. The fraction of sp³-hybridized carbons (Fsp3) is 0.231. The molecule has 2 rings (SSSR count). The molecule has 1 aromatic heterocycles. The number of hydrogen-bond donors (Lipinski definition) is 1. The van der Waals surface area contributed by atoms with Crippen molar-refractivity contribution in [2.24, 2.45) is 7.05 Å². The molecule has 0 spiro atoms. The molecule has 0 saturated heterocycles. The van der Waals surface area contributed by atoms with Gasteiger partial charge in [-0.1, -0.05) is 0 Å². The molecule has 1 aromatic carbocycles. The van der Waals surface area contributed by atoms with Gasteiger partial charge in [0.25, 0.3) is 5.56 Å². The maximum atomic E-state index is 11.5. The second kappa shape index (κ2) is 4.52. The molecule has 1 heterocycles. The molecular formula is C13H14N2O3. The van der Waals surface area contributed by atoms with Crippen molar-refractivity contribution in [2.45, 2.75) is 0 Å². The minimum atomic E-state index is -0.877. The summed E-state index contributed by atoms with van der Waals surface area (Å²) < 4.78 is 1.57. The van der Waals surface area contributed by atoms with Gasteiger partial charge in [0.2, 0.25) is 0 Å². The number of pyridine rings is 1. The Labute approximate surface area is 104 Å². The summed E-state index contributed by atoms with van der Waals surface area (Å²) in [4.78, 5) is 23.8. The number of aromatic nitrogens is 1. The van der Waals surface area contributed by atoms with Crippen LogP contribution in [0.5, 0.6) is 0 Å². The topological polar surface area (TPSA) is 62.5 Å². The lowest BCUT2D eigenvalue weighted by molar-refractivity contribution is -0.135. The molecule has 0 aliphatic carbocycles. The van der Waals surface area contributed by atoms with Crippen molar-refractivity contribution in [1.29, 1.82) is 0 Å². The zero-order valence-electron chi connectivity index (χ0n) is 10.3. The normalized spacial score (nSPS) is 10.6. The van der Waals surface area contributed by atoms with Crippen molar-refractivity contribution in [3.05, 3.63) is 40.7 Å². The quantitative estimate of drug-likeness (QED) is 0.879. The van der Waals surface area contributed by atoms with E-state index in [2.05, 4.69) is 0 Å². The number of fused-ring (bicyclic) bond motifs is 1. The molecule has 0 bridgehead atoms. The van der Waals surface area contributed by atoms with Gasteiger partial charge in [-0.3, -0.25) is 9.59 Å². The summed E-state index contributed by atoms with van der Waals surface area (Å²) in [6.45, 7) is -0.0583. The van der Waals surface area contributed by atoms with Crippen LogP contribution in [0.4, 0.5) is 5.69 Å². The van der Waals surface area contributed by atoms with Crippen LogP contribution in [0.2, 0.25) is 0 Å². The lowest BCUT2D eigenvalue weighted by Crippen LogP contribution is -2.25. The molecule has 1 N–H and O–H groups in total. The minimum Gasteiger partial charge on any atom is -0.480 e. The van der Waals surface area contributed by atoms with E-state index in [9.17, 15) is 9.59 Å². The Kier molecular flexibility index (Phi) is 3.06. The maximum absolute atomic E-state index is 11.5. The molecule has 0 saturated carbocycles. The molecular weight excluding hydrogens is 232 g/mol. The lowest BCUT2D eigenvalue weighted by Gasteiger charge is -2.17. The van der Waals surface area contributed by atoms with Crippen LogP contribution in [-0.4, -0.2) is 29.2 Å². The van der Waals surface area contributed by atoms with Gasteiger partial charge in [-0.2, -0.15) is 0 Å². The number of nitrogens with zero attached hydrogens (tertiary/aromatic N) is 2. The van der Waals surface area contributed by atoms with E-state index in [1.165, 1.54) is 6.07 Å². The summed E-state index contributed by atoms with van der Waals surface area (Å²) in [6.07, 6.45) is 0. The number of carboxylic acids is 1. The largest absolute Gasteiger partial charge is 0.480 e. The molecule has 0 unspecified atom stereocenters. The number of aryl methyl sites for hydroxylation is 1. The number of rotatable bonds is 3. The van der Waals surface area contributed by atoms with Gasteiger partial charge in [-0.05, 0) is 24.3 Å². The monoisotopic (exact) mass is 246 g/mol. The number of carbonyl (C=O) groups is 1. The maximum Gasteiger partial charge on any atom is 0.323 e. The summed E-state index contributed by atoms with van der Waals surface area (Å²) in [5.41, 5.74) is 1.58. The standard InChI is InChI=1S/C13H14N2O3/c1-14(8-13(17)18)10-4-5-11-9(7-10)3-6-12(16)15(11)2/h3-7H,8H2,1-2H3,(H,17,18). The van der Waals surface area contributed by atoms with Crippen LogP contribution in [0, 0.1) is 0 Å². The highest BCUT2D eigenvalue weighted by Crippen LogP contribution is 2.19. The summed E-state index contributed by atoms with van der Waals surface area (Å²) in [6, 6.07) is 8.76. The lowest BCUT2D eigenvalue weighted by atomic mass is 10.2. The summed E-state index contributed by atoms with van der Waals surface area (Å²) in [5.74, 6) is -0.877. The van der Waals surface area contributed by atoms with Crippen LogP contribution in [0.25, 0.3) is 10.9 Å². The second-order valence-corrected chi connectivity index (χ2v) is 4.22. The number of benzene rings is 1. The molecule has 18 heavy (non-hydrogen) atoms. The molecule has 0 aliphatic heterocycles. The Morgan fingerprint density at radius 3 is 2.72 bits per heavy atom. The third-order valence-corrected chi connectivity index (χ3v) is 2.92. The zero-order valence-corrected chi connectivity index (χ0v) is 10.3. The van der Waals surface area contributed by atoms with Crippen molar-refractivity contribution in [3.8, 4) is 0 Å². The van der Waals surface area contributed by atoms with E-state index in [4.69, 9.17) is 5.11 Å². The van der Waals surface area contributed by atoms with Crippen LogP contribution >= 0.6 is 0 Å². The number of anilines is 1. The molecule has 94 valence electrons. The molecule has 5 heteroatoms. The highest BCUT2D eigenvalue weighted by molar-refractivity contribution is 5.84. The van der Waals surface area contributed by atoms with Gasteiger partial charge in [0.05, 0.1) is 5.52 Å². The van der Waals surface area contributed by atoms with Crippen molar-refractivity contribution in [2.75, 3.05) is 18.5 Å². The van der Waals surface area contributed by atoms with E-state index >= 15 is 0 Å². The van der Waals surface area contributed by atoms with Crippen LogP contribution in [-0.2, 0) is 11.8 Å². The average Bonchev–Trinajstić information content (AvgIpc) is 2.32. The summed E-state index contributed by atoms with van der Waals surface area (Å²) in [7, 11) is 3.43. The second-order valence-electron chi connectivity index (χ2n) is 4.22. The van der Waals surface area contributed by atoms with E-state index in [1.54, 1.807) is 29.6 Å². The van der Waals surface area contributed by atoms with Crippen molar-refractivity contribution >= 4 is 22.6 Å². The molecule has 5 nitrogen and oxygen atoms in total. The molecule has 0 aliphatic rings. The molecule has 0 radical (unpaired) electrons. The number of aliphatic carboxylic acids is 1. The van der Waals surface area contributed by atoms with Crippen molar-refractivity contribution in [3.63, 3.8) is 0 Å². The van der Waals surface area contributed by atoms with Crippen molar-refractivity contribution < 1.29 is 9.90 Å². The molecule has 0 fully saturated rings. The van der Waals surface area contributed by atoms with Gasteiger partial charge in [-0.25, -0.2) is 0 Å². The molecule has 0 amide bonds. The van der Waals surface area contributed by atoms with E-state index in [1.807, 2.05) is 18.2 Å². The number of likely N-dealkylation sites (N-methyl/N-ethyl adjacent to an activating group) is 1. The van der Waals surface area contributed by atoms with Crippen LogP contribution in [0.1, 0.15) is 0 Å². The van der Waals surface area contributed by atoms with Gasteiger partial charge in [0, 0.05) is 31.2 Å². The van der Waals surface area contributed by atoms with Crippen molar-refractivity contribution in [1.82, 2.24) is 4.57 Å². The van der Waals surface area contributed by atoms with Gasteiger partial charge in [0.1, 0.15) is 6.54 Å². The fourth-order valence-electron chi connectivity index (χ4n) is 1.90. The van der Waals surface area contributed by atoms with E-state index in [0.717, 1.165) is 16.6 Å². The van der Waals surface area contributed by atoms with Gasteiger partial charge >= 0.3 is 5.97 Å². The first-order valence-corrected chi connectivity index (χ1v) is 5.52. The summed E-state index contributed by atoms with van der Waals surface area (Å²) >= 11 is 0. The highest BCUT2D eigenvalue weighted by Gasteiger charge is 2.07. The van der Waals surface area contributed by atoms with E-state index in [0.29, 0.717) is 0 Å². The number of hydrogen-bond acceptors (Lipinski definition) is 3. The number of carboxylic acid groups (broad SMARTS) is 1. The fourth-order valence-corrected chi connectivity index (χ4v) is 1.90. The Hall–Kier alpha value is -2.30. The third kappa shape index (κ3) is 2.20. The third-order valence-electron chi connectivity index (χ3n) is 2.92. The van der Waals surface area contributed by atoms with E-state index < -0.39 is 5.97 Å². The van der Waals surface area contributed by atoms with Crippen LogP contribution in [0.3, 0.4) is 0 Å². The minimum absolute atomic E-state index is 0.0583. The average molecular weight is 246 g/mol. The van der Waals surface area contributed by atoms with Gasteiger partial charge < -0.3 is 14.6 Å². The first kappa shape index (κ1) is 12.2. The summed E-state index contributed by atoms with van der Waals surface area (Å²) in [5, 5.41) is 9.66. The van der Waals surface area contributed by atoms with Gasteiger partial charge in [-0.15, -0.1) is 0 Å². The predicted octanol–water partition coefficient (Wildman–Crippen LogP) is 1.06. The Morgan fingerprint density at radius 2 is 2.06 bits per heavy atom. The Balaban J connectivity index is 2.48. The Morgan fingerprint density at radius 1 is 1.33 bits per heavy atom. The van der Waals surface area contributed by atoms with Gasteiger partial charge in [0.15, 0.2) is 0 Å². The van der Waals surface area contributed by atoms with Crippen LogP contribution < -0.4 is 10.5 Å². The molecule has 2 aromatic rings. The van der Waals surface area contributed by atoms with Crippen LogP contribution in [0.15, 0.2) is 35.1 Å². The van der Waals surface area contributed by atoms with E-state index in [-0.39, 0.29) is 12.1 Å². The first-order valence-electron chi connectivity index (χ1n) is 5.52. The smallest absolute Gasteiger partial charge is 0.323 e. The predicted molar refractivity (Wildman–Crippen MR) is 70.1 cm³/mol. The zero-order chi connectivity index (χ0) is 13.3. The first-order chi connectivity index (χ1) is 8.49. The SMILES string of the molecule is CN(CC(=O)O)c1ccc2c(ccc(=O)n2C)c1.